The average Bonchev–Trinajstić information content (AvgIpc) is 1.95. The van der Waals surface area contributed by atoms with E-state index in [1.807, 2.05) is 0 Å². The summed E-state index contributed by atoms with van der Waals surface area (Å²) in [5, 5.41) is 11.2. The van der Waals surface area contributed by atoms with Gasteiger partial charge in [-0.15, -0.1) is 0 Å². The second kappa shape index (κ2) is 4.77. The monoisotopic (exact) mass is 216 g/mol. The number of amides is 2. The molecule has 4 N–H and O–H groups in total. The number of carboxylic acids is 1. The van der Waals surface area contributed by atoms with Crippen molar-refractivity contribution in [3.05, 3.63) is 0 Å². The highest BCUT2D eigenvalue weighted by Gasteiger charge is 2.30. The zero-order valence-electron chi connectivity index (χ0n) is 9.03. The molecule has 0 rings (SSSR count). The molecule has 0 radical (unpaired) electrons. The zero-order chi connectivity index (χ0) is 12.2. The van der Waals surface area contributed by atoms with Crippen LogP contribution in [0, 0.1) is 5.92 Å². The molecule has 0 bridgehead atoms. The Morgan fingerprint density at radius 2 is 1.80 bits per heavy atom. The molecule has 0 aliphatic carbocycles. The molecule has 2 amide bonds. The summed E-state index contributed by atoms with van der Waals surface area (Å²) in [4.78, 5) is 32.7. The van der Waals surface area contributed by atoms with Gasteiger partial charge in [-0.25, -0.2) is 0 Å². The third kappa shape index (κ3) is 5.66. The minimum absolute atomic E-state index is 0.489. The molecule has 0 spiro atoms. The van der Waals surface area contributed by atoms with Crippen molar-refractivity contribution in [1.82, 2.24) is 5.32 Å². The van der Waals surface area contributed by atoms with E-state index in [0.717, 1.165) is 0 Å². The van der Waals surface area contributed by atoms with Gasteiger partial charge < -0.3 is 16.2 Å². The molecule has 0 fully saturated rings. The van der Waals surface area contributed by atoms with E-state index in [1.165, 1.54) is 0 Å². The van der Waals surface area contributed by atoms with Crippen LogP contribution in [0.3, 0.4) is 0 Å². The fraction of sp³-hybridized carbons (Fsp3) is 0.667. The lowest BCUT2D eigenvalue weighted by atomic mass is 10.0. The van der Waals surface area contributed by atoms with Crippen molar-refractivity contribution >= 4 is 17.8 Å². The number of aliphatic carboxylic acids is 1. The number of nitrogens with one attached hydrogen (secondary N) is 1. The molecule has 0 aliphatic heterocycles. The van der Waals surface area contributed by atoms with Gasteiger partial charge in [-0.05, 0) is 20.8 Å². The van der Waals surface area contributed by atoms with E-state index in [4.69, 9.17) is 10.8 Å². The number of nitrogens with two attached hydrogens (primary N) is 1. The highest BCUT2D eigenvalue weighted by atomic mass is 16.4. The first-order valence-corrected chi connectivity index (χ1v) is 4.46. The van der Waals surface area contributed by atoms with Crippen molar-refractivity contribution in [2.24, 2.45) is 11.7 Å². The minimum Gasteiger partial charge on any atom is -0.481 e. The maximum Gasteiger partial charge on any atom is 0.316 e. The minimum atomic E-state index is -1.42. The summed E-state index contributed by atoms with van der Waals surface area (Å²) < 4.78 is 0. The van der Waals surface area contributed by atoms with Crippen LogP contribution in [-0.4, -0.2) is 28.4 Å². The van der Waals surface area contributed by atoms with Crippen molar-refractivity contribution in [1.29, 1.82) is 0 Å². The molecule has 15 heavy (non-hydrogen) atoms. The summed E-state index contributed by atoms with van der Waals surface area (Å²) in [6.07, 6.45) is -0.489. The Morgan fingerprint density at radius 1 is 1.33 bits per heavy atom. The lowest BCUT2D eigenvalue weighted by Crippen LogP contribution is -2.46. The molecule has 0 aromatic carbocycles. The smallest absolute Gasteiger partial charge is 0.316 e. The van der Waals surface area contributed by atoms with E-state index in [9.17, 15) is 14.4 Å². The van der Waals surface area contributed by atoms with Crippen LogP contribution in [0.5, 0.6) is 0 Å². The van der Waals surface area contributed by atoms with Crippen LogP contribution in [0.1, 0.15) is 27.2 Å². The molecule has 0 saturated carbocycles. The number of hydrogen-bond donors (Lipinski definition) is 3. The lowest BCUT2D eigenvalue weighted by molar-refractivity contribution is -0.149. The number of carbonyl (C=O) groups is 3. The SMILES string of the molecule is CC(C)(C)NC(=O)C(CC(N)=O)C(=O)O. The molecule has 0 saturated heterocycles. The van der Waals surface area contributed by atoms with Crippen LogP contribution in [0.2, 0.25) is 0 Å². The topological polar surface area (TPSA) is 109 Å². The largest absolute Gasteiger partial charge is 0.481 e. The number of carboxylic acid groups (broad SMARTS) is 1. The molecule has 0 aromatic rings. The van der Waals surface area contributed by atoms with Gasteiger partial charge in [0, 0.05) is 12.0 Å². The van der Waals surface area contributed by atoms with E-state index < -0.39 is 35.7 Å². The van der Waals surface area contributed by atoms with Crippen LogP contribution in [0.15, 0.2) is 0 Å². The molecule has 86 valence electrons. The van der Waals surface area contributed by atoms with Gasteiger partial charge in [0.2, 0.25) is 11.8 Å². The molecule has 0 aromatic heterocycles. The molecule has 6 nitrogen and oxygen atoms in total. The third-order valence-corrected chi connectivity index (χ3v) is 1.52. The van der Waals surface area contributed by atoms with E-state index in [-0.39, 0.29) is 0 Å². The van der Waals surface area contributed by atoms with Gasteiger partial charge in [-0.1, -0.05) is 0 Å². The summed E-state index contributed by atoms with van der Waals surface area (Å²) in [5.74, 6) is -4.28. The van der Waals surface area contributed by atoms with Gasteiger partial charge in [0.05, 0.1) is 0 Å². The Labute approximate surface area is 87.8 Å². The predicted molar refractivity (Wildman–Crippen MR) is 52.8 cm³/mol. The Balaban J connectivity index is 4.57. The van der Waals surface area contributed by atoms with Gasteiger partial charge in [0.15, 0.2) is 0 Å². The molecule has 6 heteroatoms. The van der Waals surface area contributed by atoms with Gasteiger partial charge in [0.1, 0.15) is 5.92 Å². The third-order valence-electron chi connectivity index (χ3n) is 1.52. The zero-order valence-corrected chi connectivity index (χ0v) is 9.03. The van der Waals surface area contributed by atoms with E-state index in [1.54, 1.807) is 20.8 Å². The van der Waals surface area contributed by atoms with Crippen molar-refractivity contribution in [2.45, 2.75) is 32.7 Å². The van der Waals surface area contributed by atoms with Gasteiger partial charge in [-0.3, -0.25) is 14.4 Å². The summed E-state index contributed by atoms with van der Waals surface area (Å²) in [6, 6.07) is 0. The van der Waals surface area contributed by atoms with Crippen molar-refractivity contribution in [3.8, 4) is 0 Å². The number of hydrogen-bond acceptors (Lipinski definition) is 3. The molecular formula is C9H16N2O4. The molecule has 1 atom stereocenters. The van der Waals surface area contributed by atoms with E-state index in [0.29, 0.717) is 0 Å². The highest BCUT2D eigenvalue weighted by molar-refractivity contribution is 6.00. The lowest BCUT2D eigenvalue weighted by Gasteiger charge is -2.22. The second-order valence-corrected chi connectivity index (χ2v) is 4.30. The Kier molecular flexibility index (Phi) is 4.26. The number of primary amides is 1. The average molecular weight is 216 g/mol. The maximum atomic E-state index is 11.4. The summed E-state index contributed by atoms with van der Waals surface area (Å²) in [6.45, 7) is 5.15. The van der Waals surface area contributed by atoms with Gasteiger partial charge >= 0.3 is 5.97 Å². The Hall–Kier alpha value is -1.59. The summed E-state index contributed by atoms with van der Waals surface area (Å²) in [5.41, 5.74) is 4.31. The Bertz CT molecular complexity index is 280. The van der Waals surface area contributed by atoms with Crippen LogP contribution in [-0.2, 0) is 14.4 Å². The first-order valence-electron chi connectivity index (χ1n) is 4.46. The standard InChI is InChI=1S/C9H16N2O4/c1-9(2,3)11-7(13)5(8(14)15)4-6(10)12/h5H,4H2,1-3H3,(H2,10,12)(H,11,13)(H,14,15). The van der Waals surface area contributed by atoms with Crippen LogP contribution >= 0.6 is 0 Å². The van der Waals surface area contributed by atoms with Crippen LogP contribution < -0.4 is 11.1 Å². The van der Waals surface area contributed by atoms with Gasteiger partial charge in [0.25, 0.3) is 0 Å². The van der Waals surface area contributed by atoms with E-state index in [2.05, 4.69) is 5.32 Å². The number of rotatable bonds is 4. The fourth-order valence-corrected chi connectivity index (χ4v) is 0.950. The fourth-order valence-electron chi connectivity index (χ4n) is 0.950. The quantitative estimate of drug-likeness (QED) is 0.549. The Morgan fingerprint density at radius 3 is 2.07 bits per heavy atom. The summed E-state index contributed by atoms with van der Waals surface area (Å²) in [7, 11) is 0. The van der Waals surface area contributed by atoms with Crippen molar-refractivity contribution in [2.75, 3.05) is 0 Å². The van der Waals surface area contributed by atoms with Crippen molar-refractivity contribution < 1.29 is 19.5 Å². The first-order chi connectivity index (χ1) is 6.63. The van der Waals surface area contributed by atoms with E-state index >= 15 is 0 Å². The molecule has 1 unspecified atom stereocenters. The number of carbonyl (C=O) groups excluding carboxylic acids is 2. The highest BCUT2D eigenvalue weighted by Crippen LogP contribution is 2.07. The van der Waals surface area contributed by atoms with Crippen LogP contribution in [0.4, 0.5) is 0 Å². The molecule has 0 heterocycles. The second-order valence-electron chi connectivity index (χ2n) is 4.30. The predicted octanol–water partition coefficient (Wildman–Crippen LogP) is -0.523. The van der Waals surface area contributed by atoms with Gasteiger partial charge in [-0.2, -0.15) is 0 Å². The normalized spacial score (nSPS) is 13.0. The summed E-state index contributed by atoms with van der Waals surface area (Å²) >= 11 is 0. The van der Waals surface area contributed by atoms with Crippen molar-refractivity contribution in [3.63, 3.8) is 0 Å². The maximum absolute atomic E-state index is 11.4. The molecular weight excluding hydrogens is 200 g/mol. The molecule has 0 aliphatic rings. The first kappa shape index (κ1) is 13.4. The van der Waals surface area contributed by atoms with Crippen LogP contribution in [0.25, 0.3) is 0 Å².